The van der Waals surface area contributed by atoms with Gasteiger partial charge in [0.25, 0.3) is 0 Å². The van der Waals surface area contributed by atoms with Crippen molar-refractivity contribution in [1.82, 2.24) is 0 Å². The molecule has 0 spiro atoms. The molecular weight excluding hydrogens is 343 g/mol. The van der Waals surface area contributed by atoms with E-state index in [-0.39, 0.29) is 18.9 Å². The third kappa shape index (κ3) is 5.29. The first-order valence-corrected chi connectivity index (χ1v) is 9.62. The number of halogens is 1. The van der Waals surface area contributed by atoms with E-state index in [0.717, 1.165) is 17.4 Å². The molecule has 7 heteroatoms. The molecule has 0 atom stereocenters. The van der Waals surface area contributed by atoms with Crippen molar-refractivity contribution in [3.8, 4) is 0 Å². The maximum atomic E-state index is 13.1. The quantitative estimate of drug-likeness (QED) is 0.856. The van der Waals surface area contributed by atoms with E-state index >= 15 is 0 Å². The van der Waals surface area contributed by atoms with Crippen LogP contribution in [0.15, 0.2) is 42.5 Å². The van der Waals surface area contributed by atoms with Crippen molar-refractivity contribution < 1.29 is 17.6 Å². The summed E-state index contributed by atoms with van der Waals surface area (Å²) in [5, 5.41) is 2.56. The minimum Gasteiger partial charge on any atom is -0.326 e. The Morgan fingerprint density at radius 3 is 2.44 bits per heavy atom. The zero-order valence-corrected chi connectivity index (χ0v) is 15.2. The Hall–Kier alpha value is -2.41. The van der Waals surface area contributed by atoms with Crippen LogP contribution in [0.25, 0.3) is 0 Å². The molecule has 0 saturated heterocycles. The van der Waals surface area contributed by atoms with Gasteiger partial charge in [-0.05, 0) is 55.3 Å². The smallest absolute Gasteiger partial charge is 0.232 e. The van der Waals surface area contributed by atoms with Crippen molar-refractivity contribution in [3.63, 3.8) is 0 Å². The van der Waals surface area contributed by atoms with E-state index in [2.05, 4.69) is 5.32 Å². The number of benzene rings is 2. The fourth-order valence-electron chi connectivity index (χ4n) is 2.36. The summed E-state index contributed by atoms with van der Waals surface area (Å²) in [6, 6.07) is 10.9. The van der Waals surface area contributed by atoms with E-state index in [1.807, 2.05) is 19.9 Å². The van der Waals surface area contributed by atoms with Crippen LogP contribution in [0.4, 0.5) is 15.8 Å². The molecule has 0 aromatic heterocycles. The Labute approximate surface area is 147 Å². The van der Waals surface area contributed by atoms with Crippen LogP contribution >= 0.6 is 0 Å². The van der Waals surface area contributed by atoms with E-state index in [1.54, 1.807) is 18.2 Å². The lowest BCUT2D eigenvalue weighted by atomic mass is 10.1. The van der Waals surface area contributed by atoms with Crippen LogP contribution in [0.3, 0.4) is 0 Å². The second-order valence-electron chi connectivity index (χ2n) is 5.91. The molecule has 25 heavy (non-hydrogen) atoms. The number of amides is 1. The van der Waals surface area contributed by atoms with Crippen molar-refractivity contribution in [3.05, 3.63) is 59.4 Å². The van der Waals surface area contributed by atoms with Gasteiger partial charge in [-0.1, -0.05) is 12.1 Å². The van der Waals surface area contributed by atoms with E-state index < -0.39 is 15.8 Å². The maximum absolute atomic E-state index is 13.1. The van der Waals surface area contributed by atoms with Gasteiger partial charge in [0.2, 0.25) is 15.9 Å². The van der Waals surface area contributed by atoms with Gasteiger partial charge in [0, 0.05) is 18.7 Å². The van der Waals surface area contributed by atoms with Gasteiger partial charge in [-0.15, -0.1) is 0 Å². The molecule has 2 rings (SSSR count). The third-order valence-corrected chi connectivity index (χ3v) is 5.02. The van der Waals surface area contributed by atoms with E-state index in [9.17, 15) is 17.6 Å². The number of rotatable bonds is 6. The number of anilines is 2. The SMILES string of the molecule is Cc1ccc(N(CCC(=O)Nc2cccc(F)c2)S(C)(=O)=O)cc1C. The normalized spacial score (nSPS) is 11.2. The number of aryl methyl sites for hydroxylation is 2. The van der Waals surface area contributed by atoms with Crippen LogP contribution < -0.4 is 9.62 Å². The van der Waals surface area contributed by atoms with Gasteiger partial charge < -0.3 is 5.32 Å². The molecule has 0 bridgehead atoms. The molecule has 0 heterocycles. The van der Waals surface area contributed by atoms with E-state index in [4.69, 9.17) is 0 Å². The Balaban J connectivity index is 2.10. The van der Waals surface area contributed by atoms with E-state index in [0.29, 0.717) is 11.4 Å². The van der Waals surface area contributed by atoms with Gasteiger partial charge in [0.05, 0.1) is 11.9 Å². The summed E-state index contributed by atoms with van der Waals surface area (Å²) in [5.41, 5.74) is 2.88. The fraction of sp³-hybridized carbons (Fsp3) is 0.278. The molecule has 2 aromatic rings. The van der Waals surface area contributed by atoms with E-state index in [1.165, 1.54) is 22.5 Å². The molecule has 0 saturated carbocycles. The molecule has 0 aliphatic rings. The summed E-state index contributed by atoms with van der Waals surface area (Å²) in [5.74, 6) is -0.839. The predicted octanol–water partition coefficient (Wildman–Crippen LogP) is 3.24. The number of nitrogens with zero attached hydrogens (tertiary/aromatic N) is 1. The lowest BCUT2D eigenvalue weighted by Crippen LogP contribution is -2.33. The molecule has 0 fully saturated rings. The highest BCUT2D eigenvalue weighted by atomic mass is 32.2. The second-order valence-corrected chi connectivity index (χ2v) is 7.82. The van der Waals surface area contributed by atoms with Gasteiger partial charge >= 0.3 is 0 Å². The summed E-state index contributed by atoms with van der Waals surface area (Å²) in [6.45, 7) is 3.84. The molecule has 5 nitrogen and oxygen atoms in total. The zero-order chi connectivity index (χ0) is 18.6. The lowest BCUT2D eigenvalue weighted by molar-refractivity contribution is -0.116. The number of carbonyl (C=O) groups excluding carboxylic acids is 1. The summed E-state index contributed by atoms with van der Waals surface area (Å²) < 4.78 is 38.5. The Morgan fingerprint density at radius 1 is 1.12 bits per heavy atom. The fourth-order valence-corrected chi connectivity index (χ4v) is 3.28. The molecule has 1 N–H and O–H groups in total. The number of hydrogen-bond acceptors (Lipinski definition) is 3. The monoisotopic (exact) mass is 364 g/mol. The minimum atomic E-state index is -3.53. The minimum absolute atomic E-state index is 0.00246. The first-order valence-electron chi connectivity index (χ1n) is 7.77. The predicted molar refractivity (Wildman–Crippen MR) is 97.8 cm³/mol. The maximum Gasteiger partial charge on any atom is 0.232 e. The van der Waals surface area contributed by atoms with Crippen LogP contribution in [0.1, 0.15) is 17.5 Å². The highest BCUT2D eigenvalue weighted by Gasteiger charge is 2.19. The molecular formula is C18H21FN2O3S. The first-order chi connectivity index (χ1) is 11.7. The van der Waals surface area contributed by atoms with Crippen LogP contribution in [0, 0.1) is 19.7 Å². The zero-order valence-electron chi connectivity index (χ0n) is 14.4. The summed E-state index contributed by atoms with van der Waals surface area (Å²) in [7, 11) is -3.53. The lowest BCUT2D eigenvalue weighted by Gasteiger charge is -2.23. The number of nitrogens with one attached hydrogen (secondary N) is 1. The summed E-state index contributed by atoms with van der Waals surface area (Å²) in [6.07, 6.45) is 1.06. The summed E-state index contributed by atoms with van der Waals surface area (Å²) in [4.78, 5) is 12.1. The van der Waals surface area contributed by atoms with Gasteiger partial charge in [-0.3, -0.25) is 9.10 Å². The third-order valence-electron chi connectivity index (χ3n) is 3.83. The van der Waals surface area contributed by atoms with Crippen molar-refractivity contribution >= 4 is 27.3 Å². The summed E-state index contributed by atoms with van der Waals surface area (Å²) >= 11 is 0. The van der Waals surface area contributed by atoms with Crippen molar-refractivity contribution in [1.29, 1.82) is 0 Å². The average molecular weight is 364 g/mol. The average Bonchev–Trinajstić information content (AvgIpc) is 2.49. The van der Waals surface area contributed by atoms with Crippen molar-refractivity contribution in [2.45, 2.75) is 20.3 Å². The molecule has 0 unspecified atom stereocenters. The van der Waals surface area contributed by atoms with Crippen molar-refractivity contribution in [2.24, 2.45) is 0 Å². The van der Waals surface area contributed by atoms with Gasteiger partial charge in [-0.2, -0.15) is 0 Å². The standard InChI is InChI=1S/C18H21FN2O3S/c1-13-7-8-17(11-14(13)2)21(25(3,23)24)10-9-18(22)20-16-6-4-5-15(19)12-16/h4-8,11-12H,9-10H2,1-3H3,(H,20,22). The Morgan fingerprint density at radius 2 is 1.84 bits per heavy atom. The Bertz CT molecular complexity index is 882. The van der Waals surface area contributed by atoms with Gasteiger partial charge in [0.15, 0.2) is 0 Å². The number of sulfonamides is 1. The molecule has 0 aliphatic carbocycles. The van der Waals surface area contributed by atoms with Gasteiger partial charge in [0.1, 0.15) is 5.82 Å². The van der Waals surface area contributed by atoms with Crippen molar-refractivity contribution in [2.75, 3.05) is 22.4 Å². The molecule has 0 aliphatic heterocycles. The Kier molecular flexibility index (Phi) is 5.79. The topological polar surface area (TPSA) is 66.5 Å². The largest absolute Gasteiger partial charge is 0.326 e. The molecule has 134 valence electrons. The number of carbonyl (C=O) groups is 1. The highest BCUT2D eigenvalue weighted by Crippen LogP contribution is 2.21. The second kappa shape index (κ2) is 7.65. The molecule has 2 aromatic carbocycles. The van der Waals surface area contributed by atoms with Gasteiger partial charge in [-0.25, -0.2) is 12.8 Å². The first kappa shape index (κ1) is 18.9. The van der Waals surface area contributed by atoms with Crippen LogP contribution in [-0.2, 0) is 14.8 Å². The van der Waals surface area contributed by atoms with Crippen LogP contribution in [-0.4, -0.2) is 27.1 Å². The molecule has 1 amide bonds. The van der Waals surface area contributed by atoms with Crippen LogP contribution in [0.2, 0.25) is 0 Å². The molecule has 0 radical (unpaired) electrons. The number of hydrogen-bond donors (Lipinski definition) is 1. The van der Waals surface area contributed by atoms with Crippen LogP contribution in [0.5, 0.6) is 0 Å². The highest BCUT2D eigenvalue weighted by molar-refractivity contribution is 7.92.